The standard InChI is InChI=1S/C22H18F8N2O4/c1-10-9-11(20(24,21(25,26)27)22(28,29)30)7-8-14(10)31-16(33)12-5-4-6-13(23)15(12)17(34)32-19(2,3)18(35)36/h4-9H,1-3H3,(H,31,33)(H,32,34)(H,35,36). The van der Waals surface area contributed by atoms with Crippen LogP contribution in [0.3, 0.4) is 0 Å². The molecule has 3 N–H and O–H groups in total. The Labute approximate surface area is 198 Å². The number of anilines is 1. The van der Waals surface area contributed by atoms with E-state index in [1.54, 1.807) is 0 Å². The summed E-state index contributed by atoms with van der Waals surface area (Å²) in [5.41, 5.74) is -11.6. The number of benzene rings is 2. The molecule has 0 aliphatic rings. The van der Waals surface area contributed by atoms with Gasteiger partial charge in [0.2, 0.25) is 0 Å². The summed E-state index contributed by atoms with van der Waals surface area (Å²) >= 11 is 0. The summed E-state index contributed by atoms with van der Waals surface area (Å²) in [7, 11) is 0. The number of amides is 2. The second-order valence-corrected chi connectivity index (χ2v) is 8.18. The highest BCUT2D eigenvalue weighted by Gasteiger charge is 2.73. The monoisotopic (exact) mass is 526 g/mol. The highest BCUT2D eigenvalue weighted by Crippen LogP contribution is 2.53. The topological polar surface area (TPSA) is 95.5 Å². The Morgan fingerprint density at radius 2 is 1.42 bits per heavy atom. The van der Waals surface area contributed by atoms with Crippen LogP contribution in [-0.4, -0.2) is 40.8 Å². The third-order valence-corrected chi connectivity index (χ3v) is 5.10. The van der Waals surface area contributed by atoms with Crippen molar-refractivity contribution < 1.29 is 54.6 Å². The molecule has 0 aliphatic carbocycles. The van der Waals surface area contributed by atoms with Crippen LogP contribution in [0.2, 0.25) is 0 Å². The fourth-order valence-corrected chi connectivity index (χ4v) is 3.04. The normalized spacial score (nSPS) is 12.8. The third kappa shape index (κ3) is 5.26. The Balaban J connectivity index is 2.45. The molecule has 36 heavy (non-hydrogen) atoms. The van der Waals surface area contributed by atoms with E-state index in [9.17, 15) is 49.5 Å². The lowest BCUT2D eigenvalue weighted by atomic mass is 9.92. The van der Waals surface area contributed by atoms with Gasteiger partial charge in [0, 0.05) is 11.3 Å². The van der Waals surface area contributed by atoms with Crippen LogP contribution in [0, 0.1) is 12.7 Å². The van der Waals surface area contributed by atoms with Gasteiger partial charge >= 0.3 is 24.0 Å². The molecule has 0 saturated heterocycles. The van der Waals surface area contributed by atoms with Crippen molar-refractivity contribution in [1.82, 2.24) is 5.32 Å². The maximum absolute atomic E-state index is 14.4. The minimum atomic E-state index is -6.34. The summed E-state index contributed by atoms with van der Waals surface area (Å²) in [5, 5.41) is 13.3. The van der Waals surface area contributed by atoms with E-state index in [0.29, 0.717) is 6.07 Å². The van der Waals surface area contributed by atoms with E-state index in [1.807, 2.05) is 5.32 Å². The number of nitrogens with one attached hydrogen (secondary N) is 2. The zero-order chi connectivity index (χ0) is 27.9. The lowest BCUT2D eigenvalue weighted by Gasteiger charge is -2.30. The first-order valence-electron chi connectivity index (χ1n) is 9.83. The molecule has 0 unspecified atom stereocenters. The van der Waals surface area contributed by atoms with Crippen molar-refractivity contribution in [3.63, 3.8) is 0 Å². The number of rotatable bonds is 6. The quantitative estimate of drug-likeness (QED) is 0.447. The number of carbonyl (C=O) groups excluding carboxylic acids is 2. The number of hydrogen-bond donors (Lipinski definition) is 3. The van der Waals surface area contributed by atoms with Crippen LogP contribution in [0.15, 0.2) is 36.4 Å². The Morgan fingerprint density at radius 1 is 0.861 bits per heavy atom. The predicted molar refractivity (Wildman–Crippen MR) is 110 cm³/mol. The number of carbonyl (C=O) groups is 3. The van der Waals surface area contributed by atoms with Crippen LogP contribution >= 0.6 is 0 Å². The van der Waals surface area contributed by atoms with Crippen molar-refractivity contribution in [2.75, 3.05) is 5.32 Å². The molecule has 0 fully saturated rings. The summed E-state index contributed by atoms with van der Waals surface area (Å²) in [6.45, 7) is 3.16. The van der Waals surface area contributed by atoms with Gasteiger partial charge in [-0.2, -0.15) is 26.3 Å². The number of hydrogen-bond acceptors (Lipinski definition) is 3. The van der Waals surface area contributed by atoms with Crippen molar-refractivity contribution >= 4 is 23.5 Å². The van der Waals surface area contributed by atoms with Gasteiger partial charge in [-0.25, -0.2) is 13.6 Å². The Hall–Kier alpha value is -3.71. The molecule has 0 aromatic heterocycles. The maximum atomic E-state index is 14.4. The highest BCUT2D eigenvalue weighted by molar-refractivity contribution is 6.13. The van der Waals surface area contributed by atoms with Gasteiger partial charge in [0.15, 0.2) is 0 Å². The van der Waals surface area contributed by atoms with E-state index in [1.165, 1.54) is 0 Å². The zero-order valence-corrected chi connectivity index (χ0v) is 18.7. The molecule has 0 atom stereocenters. The number of aliphatic carboxylic acids is 1. The second-order valence-electron chi connectivity index (χ2n) is 8.18. The molecule has 0 saturated carbocycles. The van der Waals surface area contributed by atoms with Crippen LogP contribution in [0.5, 0.6) is 0 Å². The summed E-state index contributed by atoms with van der Waals surface area (Å²) in [6, 6.07) is 3.81. The van der Waals surface area contributed by atoms with Crippen LogP contribution in [0.4, 0.5) is 40.8 Å². The van der Waals surface area contributed by atoms with E-state index in [0.717, 1.165) is 39.0 Å². The SMILES string of the molecule is Cc1cc(C(F)(C(F)(F)F)C(F)(F)F)ccc1NC(=O)c1cccc(F)c1C(=O)NC(C)(C)C(=O)O. The summed E-state index contributed by atoms with van der Waals surface area (Å²) in [6.07, 6.45) is -12.7. The zero-order valence-electron chi connectivity index (χ0n) is 18.7. The van der Waals surface area contributed by atoms with E-state index < -0.39 is 69.4 Å². The van der Waals surface area contributed by atoms with Gasteiger partial charge in [-0.3, -0.25) is 9.59 Å². The van der Waals surface area contributed by atoms with Crippen molar-refractivity contribution in [1.29, 1.82) is 0 Å². The Bertz CT molecular complexity index is 1190. The minimum absolute atomic E-state index is 0.179. The molecule has 0 aliphatic heterocycles. The van der Waals surface area contributed by atoms with Crippen LogP contribution in [0.25, 0.3) is 0 Å². The molecule has 14 heteroatoms. The largest absolute Gasteiger partial charge is 0.480 e. The molecular weight excluding hydrogens is 508 g/mol. The van der Waals surface area contributed by atoms with E-state index in [4.69, 9.17) is 5.11 Å². The number of halogens is 8. The lowest BCUT2D eigenvalue weighted by Crippen LogP contribution is -2.50. The van der Waals surface area contributed by atoms with Crippen molar-refractivity contribution in [2.45, 2.75) is 44.3 Å². The van der Waals surface area contributed by atoms with Crippen LogP contribution < -0.4 is 10.6 Å². The average molecular weight is 526 g/mol. The molecular formula is C22H18F8N2O4. The first-order chi connectivity index (χ1) is 16.2. The van der Waals surface area contributed by atoms with Gasteiger partial charge < -0.3 is 15.7 Å². The molecule has 0 heterocycles. The van der Waals surface area contributed by atoms with Gasteiger partial charge in [0.25, 0.3) is 11.8 Å². The third-order valence-electron chi connectivity index (χ3n) is 5.10. The maximum Gasteiger partial charge on any atom is 0.435 e. The fourth-order valence-electron chi connectivity index (χ4n) is 3.04. The fraction of sp³-hybridized carbons (Fsp3) is 0.318. The molecule has 2 amide bonds. The molecule has 2 aromatic carbocycles. The number of aryl methyl sites for hydroxylation is 1. The molecule has 0 spiro atoms. The molecule has 6 nitrogen and oxygen atoms in total. The van der Waals surface area contributed by atoms with Gasteiger partial charge in [0.1, 0.15) is 11.4 Å². The second kappa shape index (κ2) is 9.39. The van der Waals surface area contributed by atoms with Crippen molar-refractivity contribution in [2.24, 2.45) is 0 Å². The first-order valence-corrected chi connectivity index (χ1v) is 9.83. The molecule has 0 radical (unpaired) electrons. The van der Waals surface area contributed by atoms with Gasteiger partial charge in [-0.05, 0) is 44.5 Å². The number of carboxylic acid groups (broad SMARTS) is 1. The Morgan fingerprint density at radius 3 is 1.89 bits per heavy atom. The predicted octanol–water partition coefficient (Wildman–Crippen LogP) is 5.27. The summed E-state index contributed by atoms with van der Waals surface area (Å²) in [4.78, 5) is 36.5. The summed E-state index contributed by atoms with van der Waals surface area (Å²) < 4.78 is 107. The van der Waals surface area contributed by atoms with Crippen LogP contribution in [0.1, 0.15) is 45.7 Å². The lowest BCUT2D eigenvalue weighted by molar-refractivity contribution is -0.348. The first kappa shape index (κ1) is 28.5. The molecule has 2 rings (SSSR count). The molecule has 196 valence electrons. The van der Waals surface area contributed by atoms with E-state index in [-0.39, 0.29) is 17.8 Å². The highest BCUT2D eigenvalue weighted by atomic mass is 19.4. The minimum Gasteiger partial charge on any atom is -0.480 e. The number of alkyl halides is 7. The average Bonchev–Trinajstić information content (AvgIpc) is 2.72. The van der Waals surface area contributed by atoms with E-state index >= 15 is 0 Å². The summed E-state index contributed by atoms with van der Waals surface area (Å²) in [5.74, 6) is -5.18. The smallest absolute Gasteiger partial charge is 0.435 e. The molecule has 0 bridgehead atoms. The van der Waals surface area contributed by atoms with Gasteiger partial charge in [-0.15, -0.1) is 0 Å². The van der Waals surface area contributed by atoms with E-state index in [2.05, 4.69) is 5.32 Å². The van der Waals surface area contributed by atoms with Gasteiger partial charge in [-0.1, -0.05) is 18.2 Å². The Kier molecular flexibility index (Phi) is 7.44. The number of carboxylic acids is 1. The van der Waals surface area contributed by atoms with Crippen molar-refractivity contribution in [3.05, 3.63) is 64.5 Å². The van der Waals surface area contributed by atoms with Crippen molar-refractivity contribution in [3.8, 4) is 0 Å². The van der Waals surface area contributed by atoms with Crippen LogP contribution in [-0.2, 0) is 10.5 Å². The van der Waals surface area contributed by atoms with Gasteiger partial charge in [0.05, 0.1) is 11.1 Å². The molecule has 2 aromatic rings.